The van der Waals surface area contributed by atoms with Gasteiger partial charge in [-0.1, -0.05) is 19.0 Å². The van der Waals surface area contributed by atoms with Crippen molar-refractivity contribution in [2.24, 2.45) is 0 Å². The van der Waals surface area contributed by atoms with Crippen LogP contribution in [0.4, 0.5) is 0 Å². The number of aromatic nitrogens is 2. The summed E-state index contributed by atoms with van der Waals surface area (Å²) in [5, 5.41) is 3.45. The van der Waals surface area contributed by atoms with Crippen LogP contribution in [-0.4, -0.2) is 10.1 Å². The van der Waals surface area contributed by atoms with E-state index in [2.05, 4.69) is 28.5 Å². The Bertz CT molecular complexity index is 325. The fourth-order valence-corrected chi connectivity index (χ4v) is 0.786. The van der Waals surface area contributed by atoms with Gasteiger partial charge in [0.2, 0.25) is 0 Å². The summed E-state index contributed by atoms with van der Waals surface area (Å²) >= 11 is 0. The van der Waals surface area contributed by atoms with E-state index in [1.165, 1.54) is 6.39 Å². The Kier molecular flexibility index (Phi) is 3.91. The molecule has 0 aromatic carbocycles. The smallest absolute Gasteiger partial charge is 0.180 e. The summed E-state index contributed by atoms with van der Waals surface area (Å²) in [6.45, 7) is 6.02. The summed E-state index contributed by atoms with van der Waals surface area (Å²) in [6.07, 6.45) is 4.75. The summed E-state index contributed by atoms with van der Waals surface area (Å²) in [6, 6.07) is 1.81. The molecule has 4 nitrogen and oxygen atoms in total. The fourth-order valence-electron chi connectivity index (χ4n) is 0.786. The van der Waals surface area contributed by atoms with E-state index in [-0.39, 0.29) is 0 Å². The molecule has 0 saturated carbocycles. The van der Waals surface area contributed by atoms with Crippen LogP contribution in [0.25, 0.3) is 0 Å². The third-order valence-corrected chi connectivity index (χ3v) is 1.61. The highest BCUT2D eigenvalue weighted by atomic mass is 16.5. The number of oxazole rings is 1. The molecule has 2 rings (SSSR count). The van der Waals surface area contributed by atoms with Crippen LogP contribution in [0.2, 0.25) is 0 Å². The Morgan fingerprint density at radius 3 is 2.36 bits per heavy atom. The van der Waals surface area contributed by atoms with Crippen LogP contribution >= 0.6 is 0 Å². The zero-order valence-electron chi connectivity index (χ0n) is 8.60. The van der Waals surface area contributed by atoms with Crippen LogP contribution in [0.15, 0.2) is 33.9 Å². The molecule has 0 atom stereocenters. The highest BCUT2D eigenvalue weighted by Crippen LogP contribution is 2.09. The Morgan fingerprint density at radius 1 is 1.36 bits per heavy atom. The Balaban J connectivity index is 0.000000146. The molecular formula is C10H14N2O2. The molecule has 2 aromatic heterocycles. The van der Waals surface area contributed by atoms with Crippen molar-refractivity contribution in [3.05, 3.63) is 36.4 Å². The lowest BCUT2D eigenvalue weighted by Gasteiger charge is -1.92. The van der Waals surface area contributed by atoms with Gasteiger partial charge in [-0.2, -0.15) is 0 Å². The Morgan fingerprint density at radius 2 is 2.14 bits per heavy atom. The standard InChI is InChI=1S/C6H9NO.C4H5NO/c1-5(2)6-3-8-4-7-6;1-4-2-3-5-6-4/h3-5H,1-2H3;2-3H,1H3. The predicted molar refractivity (Wildman–Crippen MR) is 51.8 cm³/mol. The van der Waals surface area contributed by atoms with E-state index in [1.54, 1.807) is 18.5 Å². The monoisotopic (exact) mass is 194 g/mol. The minimum Gasteiger partial charge on any atom is -0.451 e. The zero-order chi connectivity index (χ0) is 10.4. The molecule has 0 unspecified atom stereocenters. The van der Waals surface area contributed by atoms with E-state index in [4.69, 9.17) is 4.42 Å². The molecule has 0 aliphatic heterocycles. The summed E-state index contributed by atoms with van der Waals surface area (Å²) in [7, 11) is 0. The van der Waals surface area contributed by atoms with E-state index >= 15 is 0 Å². The van der Waals surface area contributed by atoms with Crippen molar-refractivity contribution in [2.45, 2.75) is 26.7 Å². The van der Waals surface area contributed by atoms with E-state index in [0.717, 1.165) is 11.5 Å². The van der Waals surface area contributed by atoms with Crippen molar-refractivity contribution in [2.75, 3.05) is 0 Å². The molecule has 0 fully saturated rings. The highest BCUT2D eigenvalue weighted by molar-refractivity contribution is 4.96. The maximum Gasteiger partial charge on any atom is 0.180 e. The maximum absolute atomic E-state index is 4.76. The molecule has 4 heteroatoms. The topological polar surface area (TPSA) is 52.1 Å². The van der Waals surface area contributed by atoms with Crippen LogP contribution in [-0.2, 0) is 0 Å². The van der Waals surface area contributed by atoms with Gasteiger partial charge in [-0.25, -0.2) is 4.98 Å². The second kappa shape index (κ2) is 5.21. The zero-order valence-corrected chi connectivity index (χ0v) is 8.60. The van der Waals surface area contributed by atoms with E-state index in [1.807, 2.05) is 6.92 Å². The lowest BCUT2D eigenvalue weighted by molar-refractivity contribution is 0.397. The van der Waals surface area contributed by atoms with Crippen LogP contribution in [0.1, 0.15) is 31.2 Å². The minimum atomic E-state index is 0.480. The van der Waals surface area contributed by atoms with Gasteiger partial charge in [-0.3, -0.25) is 0 Å². The molecule has 0 radical (unpaired) electrons. The van der Waals surface area contributed by atoms with Crippen molar-refractivity contribution >= 4 is 0 Å². The Hall–Kier alpha value is -1.58. The summed E-state index contributed by atoms with van der Waals surface area (Å²) < 4.78 is 9.35. The summed E-state index contributed by atoms with van der Waals surface area (Å²) in [4.78, 5) is 3.95. The van der Waals surface area contributed by atoms with Gasteiger partial charge in [0.1, 0.15) is 12.0 Å². The molecule has 2 heterocycles. The average Bonchev–Trinajstić information content (AvgIpc) is 2.75. The van der Waals surface area contributed by atoms with Gasteiger partial charge >= 0.3 is 0 Å². The predicted octanol–water partition coefficient (Wildman–Crippen LogP) is 2.78. The number of rotatable bonds is 1. The molecule has 0 aliphatic carbocycles. The molecule has 0 bridgehead atoms. The second-order valence-electron chi connectivity index (χ2n) is 3.19. The lowest BCUT2D eigenvalue weighted by Crippen LogP contribution is -1.83. The lowest BCUT2D eigenvalue weighted by atomic mass is 10.2. The van der Waals surface area contributed by atoms with Crippen molar-refractivity contribution < 1.29 is 8.94 Å². The molecule has 0 aliphatic rings. The van der Waals surface area contributed by atoms with Gasteiger partial charge in [0.25, 0.3) is 0 Å². The fraction of sp³-hybridized carbons (Fsp3) is 0.400. The molecular weight excluding hydrogens is 180 g/mol. The van der Waals surface area contributed by atoms with E-state index in [9.17, 15) is 0 Å². The van der Waals surface area contributed by atoms with Crippen molar-refractivity contribution in [3.63, 3.8) is 0 Å². The van der Waals surface area contributed by atoms with Crippen LogP contribution in [0.3, 0.4) is 0 Å². The van der Waals surface area contributed by atoms with Gasteiger partial charge < -0.3 is 8.94 Å². The molecule has 0 amide bonds. The van der Waals surface area contributed by atoms with Gasteiger partial charge in [-0.05, 0) is 12.8 Å². The summed E-state index contributed by atoms with van der Waals surface area (Å²) in [5.74, 6) is 1.34. The van der Waals surface area contributed by atoms with Crippen LogP contribution in [0.5, 0.6) is 0 Å². The van der Waals surface area contributed by atoms with E-state index < -0.39 is 0 Å². The highest BCUT2D eigenvalue weighted by Gasteiger charge is 1.98. The first kappa shape index (κ1) is 10.5. The first-order valence-corrected chi connectivity index (χ1v) is 4.45. The summed E-state index contributed by atoms with van der Waals surface area (Å²) in [5.41, 5.74) is 1.02. The normalized spacial score (nSPS) is 9.71. The molecule has 14 heavy (non-hydrogen) atoms. The average molecular weight is 194 g/mol. The number of hydrogen-bond acceptors (Lipinski definition) is 4. The number of hydrogen-bond donors (Lipinski definition) is 0. The van der Waals surface area contributed by atoms with Crippen molar-refractivity contribution in [1.82, 2.24) is 10.1 Å². The van der Waals surface area contributed by atoms with Crippen molar-refractivity contribution in [1.29, 1.82) is 0 Å². The molecule has 0 N–H and O–H groups in total. The van der Waals surface area contributed by atoms with Gasteiger partial charge in [0.05, 0.1) is 11.9 Å². The van der Waals surface area contributed by atoms with Gasteiger partial charge in [0.15, 0.2) is 6.39 Å². The number of aryl methyl sites for hydroxylation is 1. The van der Waals surface area contributed by atoms with Gasteiger partial charge in [-0.15, -0.1) is 0 Å². The minimum absolute atomic E-state index is 0.480. The molecule has 2 aromatic rings. The first-order chi connectivity index (χ1) is 6.70. The third kappa shape index (κ3) is 3.43. The molecule has 76 valence electrons. The van der Waals surface area contributed by atoms with Crippen molar-refractivity contribution in [3.8, 4) is 0 Å². The quantitative estimate of drug-likeness (QED) is 0.700. The SMILES string of the molecule is CC(C)c1cocn1.Cc1ccno1. The molecule has 0 spiro atoms. The van der Waals surface area contributed by atoms with Gasteiger partial charge in [0, 0.05) is 6.07 Å². The largest absolute Gasteiger partial charge is 0.451 e. The number of nitrogens with zero attached hydrogens (tertiary/aromatic N) is 2. The maximum atomic E-state index is 4.76. The molecule has 0 saturated heterocycles. The van der Waals surface area contributed by atoms with Crippen LogP contribution < -0.4 is 0 Å². The third-order valence-electron chi connectivity index (χ3n) is 1.61. The first-order valence-electron chi connectivity index (χ1n) is 4.45. The van der Waals surface area contributed by atoms with Crippen LogP contribution in [0, 0.1) is 6.92 Å². The Labute approximate surface area is 82.9 Å². The second-order valence-corrected chi connectivity index (χ2v) is 3.19. The van der Waals surface area contributed by atoms with E-state index in [0.29, 0.717) is 5.92 Å².